The molecule has 1 aliphatic carbocycles. The van der Waals surface area contributed by atoms with Crippen LogP contribution in [-0.4, -0.2) is 78.8 Å². The molecule has 1 aromatic carbocycles. The number of hydrogen-bond acceptors (Lipinski definition) is 7. The van der Waals surface area contributed by atoms with Gasteiger partial charge in [-0.3, -0.25) is 9.80 Å². The summed E-state index contributed by atoms with van der Waals surface area (Å²) in [7, 11) is 5.80. The van der Waals surface area contributed by atoms with Crippen molar-refractivity contribution in [1.82, 2.24) is 19.8 Å². The van der Waals surface area contributed by atoms with E-state index in [1.165, 1.54) is 18.9 Å². The number of nitriles is 1. The van der Waals surface area contributed by atoms with Gasteiger partial charge in [-0.1, -0.05) is 49.4 Å². The van der Waals surface area contributed by atoms with E-state index in [1.54, 1.807) is 4.90 Å². The molecule has 2 fully saturated rings. The number of carbonyl (C=O) groups excluding carboxylic acids is 1. The minimum Gasteiger partial charge on any atom is -0.479 e. The SMILES string of the molecule is CC/C=C\COCCCN1C(=O)N(c2cnc(C#N)nc2OC)CC12CCC(c1ccccc1)(N(C)C)CC2. The van der Waals surface area contributed by atoms with Crippen LogP contribution in [0.2, 0.25) is 0 Å². The van der Waals surface area contributed by atoms with Gasteiger partial charge in [-0.2, -0.15) is 10.2 Å². The predicted octanol–water partition coefficient (Wildman–Crippen LogP) is 4.74. The Hall–Kier alpha value is -3.48. The van der Waals surface area contributed by atoms with Crippen molar-refractivity contribution in [2.24, 2.45) is 0 Å². The maximum absolute atomic E-state index is 14.0. The zero-order chi connectivity index (χ0) is 27.9. The molecular weight excluding hydrogens is 492 g/mol. The normalized spacial score (nSPS) is 23.2. The van der Waals surface area contributed by atoms with E-state index in [4.69, 9.17) is 9.47 Å². The quantitative estimate of drug-likeness (QED) is 0.305. The Balaban J connectivity index is 1.59. The Labute approximate surface area is 232 Å². The first-order valence-corrected chi connectivity index (χ1v) is 13.8. The smallest absolute Gasteiger partial charge is 0.325 e. The third kappa shape index (κ3) is 5.77. The fourth-order valence-corrected chi connectivity index (χ4v) is 6.08. The summed E-state index contributed by atoms with van der Waals surface area (Å²) in [6.45, 7) is 4.40. The monoisotopic (exact) mass is 532 g/mol. The van der Waals surface area contributed by atoms with Gasteiger partial charge in [-0.25, -0.2) is 9.78 Å². The number of allylic oxidation sites excluding steroid dienone is 1. The van der Waals surface area contributed by atoms with Crippen LogP contribution < -0.4 is 9.64 Å². The van der Waals surface area contributed by atoms with Crippen LogP contribution in [0.25, 0.3) is 0 Å². The van der Waals surface area contributed by atoms with Gasteiger partial charge in [0, 0.05) is 18.7 Å². The fourth-order valence-electron chi connectivity index (χ4n) is 6.08. The van der Waals surface area contributed by atoms with E-state index in [-0.39, 0.29) is 28.8 Å². The number of hydrogen-bond donors (Lipinski definition) is 0. The number of benzene rings is 1. The second-order valence-corrected chi connectivity index (χ2v) is 10.5. The molecule has 1 spiro atoms. The average molecular weight is 533 g/mol. The minimum absolute atomic E-state index is 0.0133. The number of methoxy groups -OCH3 is 1. The Morgan fingerprint density at radius 2 is 1.90 bits per heavy atom. The minimum atomic E-state index is -0.327. The molecule has 0 unspecified atom stereocenters. The van der Waals surface area contributed by atoms with Gasteiger partial charge >= 0.3 is 6.03 Å². The zero-order valence-corrected chi connectivity index (χ0v) is 23.6. The highest BCUT2D eigenvalue weighted by molar-refractivity contribution is 5.96. The number of amides is 2. The van der Waals surface area contributed by atoms with Crippen molar-refractivity contribution in [3.63, 3.8) is 0 Å². The molecule has 1 saturated carbocycles. The molecule has 0 radical (unpaired) electrons. The number of urea groups is 1. The first-order valence-electron chi connectivity index (χ1n) is 13.8. The summed E-state index contributed by atoms with van der Waals surface area (Å²) in [4.78, 5) is 28.4. The summed E-state index contributed by atoms with van der Waals surface area (Å²) in [5.74, 6) is 0.250. The molecule has 0 atom stereocenters. The van der Waals surface area contributed by atoms with Gasteiger partial charge in [0.1, 0.15) is 11.8 Å². The van der Waals surface area contributed by atoms with E-state index in [0.29, 0.717) is 32.0 Å². The third-order valence-electron chi connectivity index (χ3n) is 8.27. The number of aromatic nitrogens is 2. The molecule has 0 bridgehead atoms. The molecule has 2 amide bonds. The van der Waals surface area contributed by atoms with Crippen molar-refractivity contribution < 1.29 is 14.3 Å². The van der Waals surface area contributed by atoms with Gasteiger partial charge in [0.2, 0.25) is 11.7 Å². The van der Waals surface area contributed by atoms with Crippen molar-refractivity contribution in [3.8, 4) is 11.9 Å². The van der Waals surface area contributed by atoms with Crippen LogP contribution in [0.3, 0.4) is 0 Å². The van der Waals surface area contributed by atoms with Crippen molar-refractivity contribution in [1.29, 1.82) is 5.26 Å². The van der Waals surface area contributed by atoms with Crippen LogP contribution in [0, 0.1) is 11.3 Å². The summed E-state index contributed by atoms with van der Waals surface area (Å²) >= 11 is 0. The second-order valence-electron chi connectivity index (χ2n) is 10.5. The van der Waals surface area contributed by atoms with E-state index >= 15 is 0 Å². The standard InChI is InChI=1S/C30H40N6O3/c1-5-6-10-19-39-20-11-18-36-28(37)35(25-22-32-26(21-31)33-27(25)38-4)23-29(36)14-16-30(17-15-29,34(2)3)24-12-8-7-9-13-24/h6-10,12-13,22H,5,11,14-20,23H2,1-4H3/b10-6-. The Bertz CT molecular complexity index is 1180. The first kappa shape index (κ1) is 28.5. The van der Waals surface area contributed by atoms with Crippen molar-refractivity contribution in [2.75, 3.05) is 52.4 Å². The summed E-state index contributed by atoms with van der Waals surface area (Å²) < 4.78 is 11.3. The van der Waals surface area contributed by atoms with E-state index in [9.17, 15) is 10.1 Å². The molecule has 1 aliphatic heterocycles. The highest BCUT2D eigenvalue weighted by Crippen LogP contribution is 2.50. The average Bonchev–Trinajstić information content (AvgIpc) is 3.23. The molecule has 208 valence electrons. The Morgan fingerprint density at radius 1 is 1.15 bits per heavy atom. The highest BCUT2D eigenvalue weighted by Gasteiger charge is 2.55. The van der Waals surface area contributed by atoms with E-state index in [0.717, 1.165) is 38.5 Å². The molecule has 1 aromatic heterocycles. The van der Waals surface area contributed by atoms with Crippen LogP contribution in [0.5, 0.6) is 5.88 Å². The van der Waals surface area contributed by atoms with Crippen LogP contribution >= 0.6 is 0 Å². The summed E-state index contributed by atoms with van der Waals surface area (Å²) in [5.41, 5.74) is 1.40. The first-order chi connectivity index (χ1) is 18.9. The molecule has 2 aromatic rings. The van der Waals surface area contributed by atoms with Gasteiger partial charge in [-0.15, -0.1) is 0 Å². The van der Waals surface area contributed by atoms with Gasteiger partial charge in [0.05, 0.1) is 32.0 Å². The van der Waals surface area contributed by atoms with Gasteiger partial charge < -0.3 is 14.4 Å². The maximum Gasteiger partial charge on any atom is 0.325 e. The topological polar surface area (TPSA) is 94.8 Å². The fraction of sp³-hybridized carbons (Fsp3) is 0.533. The van der Waals surface area contributed by atoms with Crippen molar-refractivity contribution in [3.05, 3.63) is 60.1 Å². The molecule has 1 saturated heterocycles. The van der Waals surface area contributed by atoms with Crippen LogP contribution in [0.1, 0.15) is 56.8 Å². The Kier molecular flexibility index (Phi) is 9.20. The van der Waals surface area contributed by atoms with Crippen LogP contribution in [-0.2, 0) is 10.3 Å². The number of rotatable bonds is 11. The molecular formula is C30H40N6O3. The highest BCUT2D eigenvalue weighted by atomic mass is 16.5. The molecule has 2 aliphatic rings. The molecule has 39 heavy (non-hydrogen) atoms. The van der Waals surface area contributed by atoms with Crippen molar-refractivity contribution in [2.45, 2.75) is 56.5 Å². The van der Waals surface area contributed by atoms with E-state index in [2.05, 4.69) is 72.3 Å². The largest absolute Gasteiger partial charge is 0.479 e. The Morgan fingerprint density at radius 3 is 2.54 bits per heavy atom. The number of carbonyl (C=O) groups is 1. The molecule has 2 heterocycles. The van der Waals surface area contributed by atoms with Crippen LogP contribution in [0.4, 0.5) is 10.5 Å². The number of nitrogens with zero attached hydrogens (tertiary/aromatic N) is 6. The summed E-state index contributed by atoms with van der Waals surface area (Å²) in [6.07, 6.45) is 11.0. The third-order valence-corrected chi connectivity index (χ3v) is 8.27. The lowest BCUT2D eigenvalue weighted by Crippen LogP contribution is -2.55. The maximum atomic E-state index is 14.0. The van der Waals surface area contributed by atoms with Crippen molar-refractivity contribution >= 4 is 11.7 Å². The van der Waals surface area contributed by atoms with E-state index < -0.39 is 0 Å². The van der Waals surface area contributed by atoms with Gasteiger partial charge in [0.15, 0.2) is 0 Å². The lowest BCUT2D eigenvalue weighted by atomic mass is 9.68. The van der Waals surface area contributed by atoms with Crippen LogP contribution in [0.15, 0.2) is 48.7 Å². The summed E-state index contributed by atoms with van der Waals surface area (Å²) in [6, 6.07) is 12.6. The van der Waals surface area contributed by atoms with Gasteiger partial charge in [-0.05, 0) is 58.2 Å². The zero-order valence-electron chi connectivity index (χ0n) is 23.6. The second kappa shape index (κ2) is 12.6. The summed E-state index contributed by atoms with van der Waals surface area (Å²) in [5, 5.41) is 9.24. The predicted molar refractivity (Wildman–Crippen MR) is 151 cm³/mol. The van der Waals surface area contributed by atoms with E-state index in [1.807, 2.05) is 17.0 Å². The lowest BCUT2D eigenvalue weighted by Gasteiger charge is -2.51. The number of anilines is 1. The molecule has 4 rings (SSSR count). The molecule has 9 nitrogen and oxygen atoms in total. The lowest BCUT2D eigenvalue weighted by molar-refractivity contribution is 0.0234. The van der Waals surface area contributed by atoms with Gasteiger partial charge in [0.25, 0.3) is 0 Å². The number of ether oxygens (including phenoxy) is 2. The molecule has 9 heteroatoms. The molecule has 0 N–H and O–H groups in total.